The van der Waals surface area contributed by atoms with Gasteiger partial charge in [0.25, 0.3) is 5.56 Å². The van der Waals surface area contributed by atoms with Crippen LogP contribution in [0, 0.1) is 23.2 Å². The Bertz CT molecular complexity index is 1270. The van der Waals surface area contributed by atoms with Crippen LogP contribution in [0.5, 0.6) is 0 Å². The van der Waals surface area contributed by atoms with Crippen molar-refractivity contribution in [2.45, 2.75) is 63.2 Å². The Morgan fingerprint density at radius 2 is 1.74 bits per heavy atom. The lowest BCUT2D eigenvalue weighted by atomic mass is 9.48. The SMILES string of the molecule is CC(NC(=O)CSc1nc2ccccc2c(=O)n1Cc1ccncc1)C12CC3CC(CC(C3)C1)C2. The molecule has 7 rings (SSSR count). The largest absolute Gasteiger partial charge is 0.352 e. The number of carbonyl (C=O) groups excluding carboxylic acids is 1. The van der Waals surface area contributed by atoms with Gasteiger partial charge in [-0.1, -0.05) is 23.9 Å². The highest BCUT2D eigenvalue weighted by Crippen LogP contribution is 2.61. The Kier molecular flexibility index (Phi) is 5.91. The number of hydrogen-bond donors (Lipinski definition) is 1. The van der Waals surface area contributed by atoms with Gasteiger partial charge in [0.05, 0.1) is 23.2 Å². The quantitative estimate of drug-likeness (QED) is 0.387. The third kappa shape index (κ3) is 4.39. The van der Waals surface area contributed by atoms with E-state index in [4.69, 9.17) is 4.98 Å². The minimum Gasteiger partial charge on any atom is -0.352 e. The van der Waals surface area contributed by atoms with Crippen molar-refractivity contribution in [3.63, 3.8) is 0 Å². The van der Waals surface area contributed by atoms with E-state index >= 15 is 0 Å². The monoisotopic (exact) mass is 488 g/mol. The molecule has 4 aliphatic rings. The van der Waals surface area contributed by atoms with E-state index in [1.807, 2.05) is 36.4 Å². The summed E-state index contributed by atoms with van der Waals surface area (Å²) in [4.78, 5) is 35.3. The fourth-order valence-electron chi connectivity index (χ4n) is 7.34. The van der Waals surface area contributed by atoms with Gasteiger partial charge in [-0.2, -0.15) is 0 Å². The smallest absolute Gasteiger partial charge is 0.262 e. The molecule has 6 nitrogen and oxygen atoms in total. The number of pyridine rings is 1. The molecule has 4 saturated carbocycles. The molecule has 3 aromatic rings. The highest BCUT2D eigenvalue weighted by Gasteiger charge is 2.53. The van der Waals surface area contributed by atoms with Crippen LogP contribution in [-0.4, -0.2) is 32.2 Å². The standard InChI is InChI=1S/C28H32N4O2S/c1-18(28-13-20-10-21(14-28)12-22(11-20)15-28)30-25(33)17-35-27-31-24-5-3-2-4-23(24)26(34)32(27)16-19-6-8-29-9-7-19/h2-9,18,20-22H,10-17H2,1H3,(H,30,33). The Balaban J connectivity index is 1.19. The van der Waals surface area contributed by atoms with Gasteiger partial charge in [-0.15, -0.1) is 0 Å². The summed E-state index contributed by atoms with van der Waals surface area (Å²) in [5.41, 5.74) is 1.83. The molecule has 0 aliphatic heterocycles. The first-order valence-electron chi connectivity index (χ1n) is 12.8. The summed E-state index contributed by atoms with van der Waals surface area (Å²) in [5.74, 6) is 2.85. The van der Waals surface area contributed by atoms with E-state index in [-0.39, 0.29) is 28.7 Å². The molecule has 0 radical (unpaired) electrons. The van der Waals surface area contributed by atoms with Crippen LogP contribution in [0.25, 0.3) is 10.9 Å². The van der Waals surface area contributed by atoms with Crippen molar-refractivity contribution in [3.05, 3.63) is 64.7 Å². The van der Waals surface area contributed by atoms with Crippen LogP contribution in [0.1, 0.15) is 51.0 Å². The molecule has 4 aliphatic carbocycles. The minimum absolute atomic E-state index is 0.0242. The fraction of sp³-hybridized carbons (Fsp3) is 0.500. The molecule has 2 aromatic heterocycles. The van der Waals surface area contributed by atoms with E-state index in [0.29, 0.717) is 22.6 Å². The minimum atomic E-state index is -0.0859. The first-order chi connectivity index (χ1) is 17.0. The number of carbonyl (C=O) groups is 1. The van der Waals surface area contributed by atoms with Gasteiger partial charge in [0, 0.05) is 18.4 Å². The fourth-order valence-corrected chi connectivity index (χ4v) is 8.15. The summed E-state index contributed by atoms with van der Waals surface area (Å²) in [6, 6.07) is 11.4. The van der Waals surface area contributed by atoms with Gasteiger partial charge in [0.15, 0.2) is 5.16 Å². The Morgan fingerprint density at radius 3 is 2.43 bits per heavy atom. The second-order valence-corrected chi connectivity index (χ2v) is 12.0. The number of rotatable bonds is 7. The van der Waals surface area contributed by atoms with Crippen LogP contribution in [0.3, 0.4) is 0 Å². The summed E-state index contributed by atoms with van der Waals surface area (Å²) in [5, 5.41) is 4.51. The first kappa shape index (κ1) is 22.8. The molecule has 1 amide bonds. The molecular weight excluding hydrogens is 456 g/mol. The van der Waals surface area contributed by atoms with Crippen molar-refractivity contribution in [1.82, 2.24) is 19.9 Å². The van der Waals surface area contributed by atoms with Gasteiger partial charge in [-0.25, -0.2) is 4.98 Å². The number of para-hydroxylation sites is 1. The summed E-state index contributed by atoms with van der Waals surface area (Å²) >= 11 is 1.35. The van der Waals surface area contributed by atoms with E-state index in [2.05, 4.69) is 17.2 Å². The van der Waals surface area contributed by atoms with E-state index < -0.39 is 0 Å². The number of benzene rings is 1. The molecule has 4 bridgehead atoms. The number of aromatic nitrogens is 3. The van der Waals surface area contributed by atoms with Crippen LogP contribution in [0.15, 0.2) is 58.7 Å². The maximum atomic E-state index is 13.3. The van der Waals surface area contributed by atoms with Crippen molar-refractivity contribution in [3.8, 4) is 0 Å². The molecule has 0 spiro atoms. The van der Waals surface area contributed by atoms with Crippen LogP contribution < -0.4 is 10.9 Å². The summed E-state index contributed by atoms with van der Waals surface area (Å²) < 4.78 is 1.68. The van der Waals surface area contributed by atoms with Crippen molar-refractivity contribution in [2.24, 2.45) is 23.2 Å². The number of nitrogens with one attached hydrogen (secondary N) is 1. The summed E-state index contributed by atoms with van der Waals surface area (Å²) in [6.07, 6.45) is 11.5. The van der Waals surface area contributed by atoms with Crippen LogP contribution in [-0.2, 0) is 11.3 Å². The zero-order chi connectivity index (χ0) is 24.0. The molecule has 1 unspecified atom stereocenters. The lowest BCUT2D eigenvalue weighted by Gasteiger charge is -2.59. The zero-order valence-electron chi connectivity index (χ0n) is 20.2. The highest BCUT2D eigenvalue weighted by atomic mass is 32.2. The third-order valence-corrected chi connectivity index (χ3v) is 9.61. The molecule has 7 heteroatoms. The highest BCUT2D eigenvalue weighted by molar-refractivity contribution is 7.99. The molecule has 1 atom stereocenters. The predicted molar refractivity (Wildman–Crippen MR) is 138 cm³/mol. The van der Waals surface area contributed by atoms with Crippen LogP contribution in [0.4, 0.5) is 0 Å². The molecule has 35 heavy (non-hydrogen) atoms. The normalized spacial score (nSPS) is 27.7. The van der Waals surface area contributed by atoms with E-state index in [1.165, 1.54) is 50.3 Å². The van der Waals surface area contributed by atoms with Crippen LogP contribution >= 0.6 is 11.8 Å². The molecule has 1 N–H and O–H groups in total. The lowest BCUT2D eigenvalue weighted by Crippen LogP contribution is -2.56. The Labute approximate surface area is 209 Å². The summed E-state index contributed by atoms with van der Waals surface area (Å²) in [6.45, 7) is 2.61. The number of amides is 1. The second-order valence-electron chi connectivity index (χ2n) is 11.0. The number of hydrogen-bond acceptors (Lipinski definition) is 5. The van der Waals surface area contributed by atoms with Gasteiger partial charge >= 0.3 is 0 Å². The second kappa shape index (κ2) is 9.08. The van der Waals surface area contributed by atoms with Gasteiger partial charge in [-0.05, 0) is 98.4 Å². The molecule has 0 saturated heterocycles. The third-order valence-electron chi connectivity index (χ3n) is 8.63. The van der Waals surface area contributed by atoms with Crippen LogP contribution in [0.2, 0.25) is 0 Å². The topological polar surface area (TPSA) is 76.9 Å². The van der Waals surface area contributed by atoms with Gasteiger partial charge < -0.3 is 5.32 Å². The number of nitrogens with zero attached hydrogens (tertiary/aromatic N) is 3. The maximum absolute atomic E-state index is 13.3. The molecule has 4 fully saturated rings. The zero-order valence-corrected chi connectivity index (χ0v) is 21.0. The molecule has 2 heterocycles. The molecular formula is C28H32N4O2S. The van der Waals surface area contributed by atoms with E-state index in [1.54, 1.807) is 17.0 Å². The van der Waals surface area contributed by atoms with Crippen molar-refractivity contribution >= 4 is 28.6 Å². The van der Waals surface area contributed by atoms with Gasteiger partial charge in [0.1, 0.15) is 0 Å². The average Bonchev–Trinajstić information content (AvgIpc) is 2.84. The Morgan fingerprint density at radius 1 is 1.09 bits per heavy atom. The summed E-state index contributed by atoms with van der Waals surface area (Å²) in [7, 11) is 0. The Hall–Kier alpha value is -2.67. The number of thioether (sulfide) groups is 1. The van der Waals surface area contributed by atoms with Crippen molar-refractivity contribution < 1.29 is 4.79 Å². The number of fused-ring (bicyclic) bond motifs is 1. The average molecular weight is 489 g/mol. The molecule has 1 aromatic carbocycles. The molecule has 182 valence electrons. The maximum Gasteiger partial charge on any atom is 0.262 e. The van der Waals surface area contributed by atoms with E-state index in [0.717, 1.165) is 23.3 Å². The first-order valence-corrected chi connectivity index (χ1v) is 13.8. The van der Waals surface area contributed by atoms with Crippen molar-refractivity contribution in [1.29, 1.82) is 0 Å². The lowest BCUT2D eigenvalue weighted by molar-refractivity contribution is -0.123. The van der Waals surface area contributed by atoms with E-state index in [9.17, 15) is 9.59 Å². The van der Waals surface area contributed by atoms with Gasteiger partial charge in [-0.3, -0.25) is 19.1 Å². The van der Waals surface area contributed by atoms with Crippen molar-refractivity contribution in [2.75, 3.05) is 5.75 Å². The predicted octanol–water partition coefficient (Wildman–Crippen LogP) is 4.65. The van der Waals surface area contributed by atoms with Gasteiger partial charge in [0.2, 0.25) is 5.91 Å².